The SMILES string of the molecule is COc1ccccc1CCC(=O)Nc1ccc(OC)c(S(=O)(=O)N2CCCCC2)c1. The van der Waals surface area contributed by atoms with E-state index >= 15 is 0 Å². The van der Waals surface area contributed by atoms with Crippen LogP contribution in [0.2, 0.25) is 0 Å². The quantitative estimate of drug-likeness (QED) is 0.691. The highest BCUT2D eigenvalue weighted by Gasteiger charge is 2.29. The van der Waals surface area contributed by atoms with Crippen molar-refractivity contribution >= 4 is 21.6 Å². The highest BCUT2D eigenvalue weighted by Crippen LogP contribution is 2.31. The van der Waals surface area contributed by atoms with Crippen LogP contribution >= 0.6 is 0 Å². The van der Waals surface area contributed by atoms with Crippen molar-refractivity contribution in [3.63, 3.8) is 0 Å². The normalized spacial score (nSPS) is 14.9. The molecule has 0 aromatic heterocycles. The van der Waals surface area contributed by atoms with E-state index in [-0.39, 0.29) is 23.0 Å². The highest BCUT2D eigenvalue weighted by molar-refractivity contribution is 7.89. The average molecular weight is 433 g/mol. The lowest BCUT2D eigenvalue weighted by atomic mass is 10.1. The number of aryl methyl sites for hydroxylation is 1. The molecule has 162 valence electrons. The molecule has 2 aromatic rings. The molecular formula is C22H28N2O5S. The molecule has 8 heteroatoms. The van der Waals surface area contributed by atoms with Crippen LogP contribution in [-0.4, -0.2) is 45.9 Å². The van der Waals surface area contributed by atoms with E-state index in [0.29, 0.717) is 25.2 Å². The standard InChI is InChI=1S/C22H28N2O5S/c1-28-19-9-5-4-8-17(19)10-13-22(25)23-18-11-12-20(29-2)21(16-18)30(26,27)24-14-6-3-7-15-24/h4-5,8-9,11-12,16H,3,6-7,10,13-15H2,1-2H3,(H,23,25). The predicted octanol–water partition coefficient (Wildman–Crippen LogP) is 3.45. The molecule has 2 aromatic carbocycles. The molecule has 1 aliphatic rings. The fourth-order valence-electron chi connectivity index (χ4n) is 3.58. The second-order valence-corrected chi connectivity index (χ2v) is 9.10. The summed E-state index contributed by atoms with van der Waals surface area (Å²) in [5.74, 6) is 0.810. The van der Waals surface area contributed by atoms with Gasteiger partial charge in [0.25, 0.3) is 0 Å². The summed E-state index contributed by atoms with van der Waals surface area (Å²) in [5, 5.41) is 2.80. The summed E-state index contributed by atoms with van der Waals surface area (Å²) < 4.78 is 38.3. The second-order valence-electron chi connectivity index (χ2n) is 7.19. The highest BCUT2D eigenvalue weighted by atomic mass is 32.2. The lowest BCUT2D eigenvalue weighted by Crippen LogP contribution is -2.35. The molecule has 0 aliphatic carbocycles. The first-order valence-electron chi connectivity index (χ1n) is 10.1. The van der Waals surface area contributed by atoms with E-state index in [9.17, 15) is 13.2 Å². The molecule has 3 rings (SSSR count). The second kappa shape index (κ2) is 9.95. The van der Waals surface area contributed by atoms with E-state index in [4.69, 9.17) is 9.47 Å². The number of para-hydroxylation sites is 1. The molecule has 1 N–H and O–H groups in total. The maximum Gasteiger partial charge on any atom is 0.246 e. The zero-order chi connectivity index (χ0) is 21.6. The lowest BCUT2D eigenvalue weighted by molar-refractivity contribution is -0.116. The first kappa shape index (κ1) is 22.1. The number of hydrogen-bond acceptors (Lipinski definition) is 5. The summed E-state index contributed by atoms with van der Waals surface area (Å²) in [5.41, 5.74) is 1.37. The molecule has 0 atom stereocenters. The first-order valence-corrected chi connectivity index (χ1v) is 11.5. The van der Waals surface area contributed by atoms with Gasteiger partial charge in [0.15, 0.2) is 0 Å². The molecule has 1 heterocycles. The number of nitrogens with zero attached hydrogens (tertiary/aromatic N) is 1. The Labute approximate surface area is 178 Å². The van der Waals surface area contributed by atoms with Crippen molar-refractivity contribution in [2.75, 3.05) is 32.6 Å². The van der Waals surface area contributed by atoms with Gasteiger partial charge in [-0.15, -0.1) is 0 Å². The molecule has 1 amide bonds. The molecule has 0 spiro atoms. The summed E-state index contributed by atoms with van der Waals surface area (Å²) in [6.07, 6.45) is 3.50. The van der Waals surface area contributed by atoms with Gasteiger partial charge in [-0.1, -0.05) is 24.6 Å². The molecule has 30 heavy (non-hydrogen) atoms. The molecule has 1 fully saturated rings. The van der Waals surface area contributed by atoms with E-state index < -0.39 is 10.0 Å². The van der Waals surface area contributed by atoms with Crippen LogP contribution in [0.15, 0.2) is 47.4 Å². The summed E-state index contributed by atoms with van der Waals surface area (Å²) >= 11 is 0. The Morgan fingerprint density at radius 3 is 2.40 bits per heavy atom. The molecule has 0 unspecified atom stereocenters. The largest absolute Gasteiger partial charge is 0.496 e. The number of carbonyl (C=O) groups is 1. The van der Waals surface area contributed by atoms with Crippen LogP contribution < -0.4 is 14.8 Å². The number of piperidine rings is 1. The van der Waals surface area contributed by atoms with Crippen LogP contribution in [0.4, 0.5) is 5.69 Å². The van der Waals surface area contributed by atoms with Crippen LogP contribution in [0.1, 0.15) is 31.2 Å². The third-order valence-corrected chi connectivity index (χ3v) is 7.11. The van der Waals surface area contributed by atoms with E-state index in [0.717, 1.165) is 30.6 Å². The van der Waals surface area contributed by atoms with Crippen LogP contribution in [0.25, 0.3) is 0 Å². The van der Waals surface area contributed by atoms with Crippen molar-refractivity contribution in [1.82, 2.24) is 4.31 Å². The van der Waals surface area contributed by atoms with Crippen molar-refractivity contribution in [2.24, 2.45) is 0 Å². The van der Waals surface area contributed by atoms with Gasteiger partial charge in [0, 0.05) is 25.2 Å². The molecule has 0 bridgehead atoms. The van der Waals surface area contributed by atoms with E-state index in [2.05, 4.69) is 5.32 Å². The number of ether oxygens (including phenoxy) is 2. The number of methoxy groups -OCH3 is 2. The number of benzene rings is 2. The topological polar surface area (TPSA) is 84.9 Å². The van der Waals surface area contributed by atoms with Gasteiger partial charge in [-0.2, -0.15) is 4.31 Å². The number of amides is 1. The Balaban J connectivity index is 1.73. The van der Waals surface area contributed by atoms with Gasteiger partial charge in [0.05, 0.1) is 14.2 Å². The first-order chi connectivity index (χ1) is 14.5. The van der Waals surface area contributed by atoms with Crippen LogP contribution in [0, 0.1) is 0 Å². The number of nitrogens with one attached hydrogen (secondary N) is 1. The van der Waals surface area contributed by atoms with Crippen molar-refractivity contribution in [1.29, 1.82) is 0 Å². The number of hydrogen-bond donors (Lipinski definition) is 1. The molecule has 7 nitrogen and oxygen atoms in total. The van der Waals surface area contributed by atoms with E-state index in [1.54, 1.807) is 19.2 Å². The molecule has 1 aliphatic heterocycles. The summed E-state index contributed by atoms with van der Waals surface area (Å²) in [6, 6.07) is 12.3. The van der Waals surface area contributed by atoms with E-state index in [1.807, 2.05) is 24.3 Å². The maximum absolute atomic E-state index is 13.1. The maximum atomic E-state index is 13.1. The molecule has 1 saturated heterocycles. The molecule has 0 saturated carbocycles. The Morgan fingerprint density at radius 2 is 1.70 bits per heavy atom. The fraction of sp³-hybridized carbons (Fsp3) is 0.409. The van der Waals surface area contributed by atoms with Gasteiger partial charge >= 0.3 is 0 Å². The van der Waals surface area contributed by atoms with Crippen molar-refractivity contribution in [2.45, 2.75) is 37.0 Å². The minimum atomic E-state index is -3.69. The summed E-state index contributed by atoms with van der Waals surface area (Å²) in [6.45, 7) is 1.00. The smallest absolute Gasteiger partial charge is 0.246 e. The van der Waals surface area contributed by atoms with Crippen molar-refractivity contribution < 1.29 is 22.7 Å². The van der Waals surface area contributed by atoms with Crippen LogP contribution in [0.5, 0.6) is 11.5 Å². The van der Waals surface area contributed by atoms with Gasteiger partial charge in [-0.25, -0.2) is 8.42 Å². The Hall–Kier alpha value is -2.58. The third-order valence-electron chi connectivity index (χ3n) is 5.19. The van der Waals surface area contributed by atoms with Gasteiger partial charge in [0.2, 0.25) is 15.9 Å². The average Bonchev–Trinajstić information content (AvgIpc) is 2.78. The molecule has 0 radical (unpaired) electrons. The van der Waals surface area contributed by atoms with E-state index in [1.165, 1.54) is 17.5 Å². The Morgan fingerprint density at radius 1 is 1.00 bits per heavy atom. The third kappa shape index (κ3) is 5.12. The lowest BCUT2D eigenvalue weighted by Gasteiger charge is -2.26. The van der Waals surface area contributed by atoms with Crippen molar-refractivity contribution in [3.05, 3.63) is 48.0 Å². The Bertz CT molecular complexity index is 985. The number of carbonyl (C=O) groups excluding carboxylic acids is 1. The van der Waals surface area contributed by atoms with Crippen LogP contribution in [-0.2, 0) is 21.2 Å². The summed E-state index contributed by atoms with van der Waals surface area (Å²) in [7, 11) is -0.649. The Kier molecular flexibility index (Phi) is 7.33. The van der Waals surface area contributed by atoms with Crippen LogP contribution in [0.3, 0.4) is 0 Å². The predicted molar refractivity (Wildman–Crippen MR) is 116 cm³/mol. The van der Waals surface area contributed by atoms with Gasteiger partial charge < -0.3 is 14.8 Å². The number of sulfonamides is 1. The fourth-order valence-corrected chi connectivity index (χ4v) is 5.28. The van der Waals surface area contributed by atoms with Crippen molar-refractivity contribution in [3.8, 4) is 11.5 Å². The van der Waals surface area contributed by atoms with Gasteiger partial charge in [-0.3, -0.25) is 4.79 Å². The monoisotopic (exact) mass is 432 g/mol. The van der Waals surface area contributed by atoms with Gasteiger partial charge in [-0.05, 0) is 49.1 Å². The minimum absolute atomic E-state index is 0.0782. The zero-order valence-electron chi connectivity index (χ0n) is 17.4. The van der Waals surface area contributed by atoms with Gasteiger partial charge in [0.1, 0.15) is 16.4 Å². The minimum Gasteiger partial charge on any atom is -0.496 e. The number of anilines is 1. The zero-order valence-corrected chi connectivity index (χ0v) is 18.2. The summed E-state index contributed by atoms with van der Waals surface area (Å²) in [4.78, 5) is 12.5. The number of rotatable bonds is 8. The molecular weight excluding hydrogens is 404 g/mol.